The molecule has 2 unspecified atom stereocenters. The molecular formula is C30H37N. The highest BCUT2D eigenvalue weighted by Gasteiger charge is 2.29. The molecule has 0 fully saturated rings. The first-order valence-corrected chi connectivity index (χ1v) is 11.7. The Balaban J connectivity index is 1.65. The van der Waals surface area contributed by atoms with Crippen LogP contribution in [0, 0.1) is 20.8 Å². The van der Waals surface area contributed by atoms with E-state index in [-0.39, 0.29) is 5.41 Å². The highest BCUT2D eigenvalue weighted by molar-refractivity contribution is 5.75. The predicted molar refractivity (Wildman–Crippen MR) is 135 cm³/mol. The van der Waals surface area contributed by atoms with E-state index < -0.39 is 0 Å². The first-order valence-electron chi connectivity index (χ1n) is 11.7. The number of fused-ring (bicyclic) bond motifs is 1. The van der Waals surface area contributed by atoms with Crippen molar-refractivity contribution in [3.8, 4) is 11.1 Å². The van der Waals surface area contributed by atoms with Gasteiger partial charge in [-0.1, -0.05) is 70.2 Å². The van der Waals surface area contributed by atoms with Crippen molar-refractivity contribution < 1.29 is 0 Å². The van der Waals surface area contributed by atoms with E-state index in [9.17, 15) is 0 Å². The predicted octanol–water partition coefficient (Wildman–Crippen LogP) is 8.11. The number of rotatable bonds is 3. The maximum atomic E-state index is 3.84. The van der Waals surface area contributed by atoms with Crippen LogP contribution in [-0.4, -0.2) is 6.04 Å². The van der Waals surface area contributed by atoms with E-state index in [1.54, 1.807) is 11.1 Å². The van der Waals surface area contributed by atoms with Crippen LogP contribution in [0.3, 0.4) is 0 Å². The minimum absolute atomic E-state index is 0.194. The zero-order chi connectivity index (χ0) is 22.3. The normalized spacial score (nSPS) is 18.5. The second-order valence-electron chi connectivity index (χ2n) is 10.5. The lowest BCUT2D eigenvalue weighted by Crippen LogP contribution is -2.30. The number of anilines is 1. The molecule has 0 saturated heterocycles. The average molecular weight is 412 g/mol. The lowest BCUT2D eigenvalue weighted by Gasteiger charge is -2.35. The Hall–Kier alpha value is -2.54. The van der Waals surface area contributed by atoms with Gasteiger partial charge in [-0.2, -0.15) is 0 Å². The molecule has 4 rings (SSSR count). The Morgan fingerprint density at radius 1 is 0.806 bits per heavy atom. The SMILES string of the molecule is Cc1c(C)c(-c2ccccc2)c(C)c2c1CC(Nc1ccc(C(C)(C)C)cc1)CC2C. The molecule has 1 aliphatic carbocycles. The largest absolute Gasteiger partial charge is 0.382 e. The van der Waals surface area contributed by atoms with Crippen LogP contribution in [0.4, 0.5) is 5.69 Å². The molecular weight excluding hydrogens is 374 g/mol. The van der Waals surface area contributed by atoms with E-state index in [4.69, 9.17) is 0 Å². The molecule has 1 heteroatoms. The van der Waals surface area contributed by atoms with Gasteiger partial charge in [0.05, 0.1) is 0 Å². The molecule has 0 spiro atoms. The van der Waals surface area contributed by atoms with E-state index in [0.29, 0.717) is 12.0 Å². The van der Waals surface area contributed by atoms with Crippen LogP contribution in [0.15, 0.2) is 54.6 Å². The Morgan fingerprint density at radius 3 is 2.06 bits per heavy atom. The van der Waals surface area contributed by atoms with Crippen molar-refractivity contribution in [1.29, 1.82) is 0 Å². The molecule has 3 aromatic rings. The Morgan fingerprint density at radius 2 is 1.45 bits per heavy atom. The number of hydrogen-bond donors (Lipinski definition) is 1. The second-order valence-corrected chi connectivity index (χ2v) is 10.5. The second kappa shape index (κ2) is 8.19. The van der Waals surface area contributed by atoms with Crippen molar-refractivity contribution in [3.63, 3.8) is 0 Å². The minimum atomic E-state index is 0.194. The van der Waals surface area contributed by atoms with Gasteiger partial charge < -0.3 is 5.32 Å². The van der Waals surface area contributed by atoms with E-state index in [2.05, 4.69) is 108 Å². The summed E-state index contributed by atoms with van der Waals surface area (Å²) in [6.45, 7) is 16.2. The van der Waals surface area contributed by atoms with E-state index >= 15 is 0 Å². The molecule has 0 bridgehead atoms. The third kappa shape index (κ3) is 4.15. The lowest BCUT2D eigenvalue weighted by atomic mass is 9.73. The van der Waals surface area contributed by atoms with Crippen molar-refractivity contribution >= 4 is 5.69 Å². The van der Waals surface area contributed by atoms with Gasteiger partial charge in [-0.15, -0.1) is 0 Å². The smallest absolute Gasteiger partial charge is 0.0342 e. The molecule has 162 valence electrons. The van der Waals surface area contributed by atoms with Gasteiger partial charge in [-0.05, 0) is 102 Å². The molecule has 0 aliphatic heterocycles. The van der Waals surface area contributed by atoms with Gasteiger partial charge >= 0.3 is 0 Å². The van der Waals surface area contributed by atoms with Crippen LogP contribution < -0.4 is 5.32 Å². The van der Waals surface area contributed by atoms with Crippen molar-refractivity contribution in [2.24, 2.45) is 0 Å². The Kier molecular flexibility index (Phi) is 5.73. The topological polar surface area (TPSA) is 12.0 Å². The van der Waals surface area contributed by atoms with Gasteiger partial charge in [-0.3, -0.25) is 0 Å². The first kappa shape index (κ1) is 21.7. The molecule has 0 radical (unpaired) electrons. The first-order chi connectivity index (χ1) is 14.7. The minimum Gasteiger partial charge on any atom is -0.382 e. The molecule has 0 heterocycles. The van der Waals surface area contributed by atoms with Crippen LogP contribution >= 0.6 is 0 Å². The fraction of sp³-hybridized carbons (Fsp3) is 0.400. The molecule has 2 atom stereocenters. The van der Waals surface area contributed by atoms with E-state index in [0.717, 1.165) is 6.42 Å². The Bertz CT molecular complexity index is 1070. The standard InChI is InChI=1S/C30H37N/c1-19-17-26(31-25-15-13-24(14-16-25)30(5,6)7)18-27-20(2)21(3)29(22(4)28(19)27)23-11-9-8-10-12-23/h8-16,19,26,31H,17-18H2,1-7H3. The summed E-state index contributed by atoms with van der Waals surface area (Å²) < 4.78 is 0. The molecule has 3 aromatic carbocycles. The molecule has 0 saturated carbocycles. The van der Waals surface area contributed by atoms with Crippen LogP contribution in [0.2, 0.25) is 0 Å². The molecule has 1 nitrogen and oxygen atoms in total. The van der Waals surface area contributed by atoms with E-state index in [1.807, 2.05) is 0 Å². The van der Waals surface area contributed by atoms with Crippen molar-refractivity contribution in [1.82, 2.24) is 0 Å². The van der Waals surface area contributed by atoms with Crippen LogP contribution in [-0.2, 0) is 11.8 Å². The molecule has 0 aromatic heterocycles. The molecule has 31 heavy (non-hydrogen) atoms. The summed E-state index contributed by atoms with van der Waals surface area (Å²) in [6, 6.07) is 20.4. The lowest BCUT2D eigenvalue weighted by molar-refractivity contribution is 0.534. The highest BCUT2D eigenvalue weighted by Crippen LogP contribution is 2.42. The third-order valence-corrected chi connectivity index (χ3v) is 7.26. The number of hydrogen-bond acceptors (Lipinski definition) is 1. The highest BCUT2D eigenvalue weighted by atomic mass is 14.9. The Labute approximate surface area is 188 Å². The average Bonchev–Trinajstić information content (AvgIpc) is 2.72. The van der Waals surface area contributed by atoms with Crippen LogP contribution in [0.1, 0.15) is 73.4 Å². The maximum absolute atomic E-state index is 3.84. The summed E-state index contributed by atoms with van der Waals surface area (Å²) in [4.78, 5) is 0. The summed E-state index contributed by atoms with van der Waals surface area (Å²) in [5, 5.41) is 3.84. The van der Waals surface area contributed by atoms with Gasteiger partial charge in [0.2, 0.25) is 0 Å². The number of nitrogens with one attached hydrogen (secondary N) is 1. The number of benzene rings is 3. The van der Waals surface area contributed by atoms with Crippen molar-refractivity contribution in [3.05, 3.63) is 88.0 Å². The van der Waals surface area contributed by atoms with Crippen LogP contribution in [0.25, 0.3) is 11.1 Å². The monoisotopic (exact) mass is 411 g/mol. The summed E-state index contributed by atoms with van der Waals surface area (Å²) >= 11 is 0. The summed E-state index contributed by atoms with van der Waals surface area (Å²) in [5.41, 5.74) is 13.1. The molecule has 0 amide bonds. The maximum Gasteiger partial charge on any atom is 0.0342 e. The summed E-state index contributed by atoms with van der Waals surface area (Å²) in [6.07, 6.45) is 2.27. The van der Waals surface area contributed by atoms with Gasteiger partial charge in [0.25, 0.3) is 0 Å². The van der Waals surface area contributed by atoms with Crippen LogP contribution in [0.5, 0.6) is 0 Å². The fourth-order valence-corrected chi connectivity index (χ4v) is 5.51. The van der Waals surface area contributed by atoms with Gasteiger partial charge in [0.1, 0.15) is 0 Å². The van der Waals surface area contributed by atoms with Gasteiger partial charge in [-0.25, -0.2) is 0 Å². The third-order valence-electron chi connectivity index (χ3n) is 7.26. The summed E-state index contributed by atoms with van der Waals surface area (Å²) in [7, 11) is 0. The quantitative estimate of drug-likeness (QED) is 0.459. The zero-order valence-corrected chi connectivity index (χ0v) is 20.3. The summed E-state index contributed by atoms with van der Waals surface area (Å²) in [5.74, 6) is 0.553. The zero-order valence-electron chi connectivity index (χ0n) is 20.3. The molecule has 1 aliphatic rings. The van der Waals surface area contributed by atoms with Crippen molar-refractivity contribution in [2.75, 3.05) is 5.32 Å². The van der Waals surface area contributed by atoms with Gasteiger partial charge in [0, 0.05) is 11.7 Å². The van der Waals surface area contributed by atoms with Gasteiger partial charge in [0.15, 0.2) is 0 Å². The van der Waals surface area contributed by atoms with E-state index in [1.165, 1.54) is 45.5 Å². The molecule has 1 N–H and O–H groups in total. The van der Waals surface area contributed by atoms with Crippen molar-refractivity contribution in [2.45, 2.75) is 78.7 Å². The fourth-order valence-electron chi connectivity index (χ4n) is 5.51.